The van der Waals surface area contributed by atoms with Crippen LogP contribution in [0.4, 0.5) is 0 Å². The monoisotopic (exact) mass is 823 g/mol. The Bertz CT molecular complexity index is 2150. The number of rotatable bonds is 12. The molecular weight excluding hydrogens is 766 g/mol. The van der Waals surface area contributed by atoms with E-state index in [2.05, 4.69) is 138 Å². The standard InChI is InChI=1S/C45H57N9S2.ClH/c1-27-13-17-31(18-14-27)37-33(23-55-42-51-47-25-53(42)11)29(3)49-35(21-44(5,6)7)39(37)41(46)40-36(22-45(8,9)10)50-30(4)34(24-56-43-52-48-26-54(43)12)38(40)32-19-15-28(2)16-20-32;/h13-20,25-26,41H,21-24,46H2,1-12H3;1H. The third kappa shape index (κ3) is 10.4. The molecular formula is C45H58ClN9S2. The summed E-state index contributed by atoms with van der Waals surface area (Å²) in [6.45, 7) is 22.2. The predicted molar refractivity (Wildman–Crippen MR) is 239 cm³/mol. The van der Waals surface area contributed by atoms with E-state index < -0.39 is 6.04 Å². The molecule has 0 aliphatic carbocycles. The van der Waals surface area contributed by atoms with Gasteiger partial charge in [-0.1, -0.05) is 125 Å². The quantitative estimate of drug-likeness (QED) is 0.121. The molecule has 0 radical (unpaired) electrons. The van der Waals surface area contributed by atoms with Gasteiger partial charge in [0.2, 0.25) is 0 Å². The number of hydrogen-bond acceptors (Lipinski definition) is 9. The van der Waals surface area contributed by atoms with Gasteiger partial charge in [0.25, 0.3) is 0 Å². The number of pyridine rings is 2. The molecule has 57 heavy (non-hydrogen) atoms. The summed E-state index contributed by atoms with van der Waals surface area (Å²) in [6, 6.07) is 17.2. The molecule has 6 aromatic rings. The minimum atomic E-state index is -0.546. The minimum Gasteiger partial charge on any atom is -0.320 e. The summed E-state index contributed by atoms with van der Waals surface area (Å²) in [5.41, 5.74) is 23.3. The molecule has 6 rings (SSSR count). The summed E-state index contributed by atoms with van der Waals surface area (Å²) < 4.78 is 3.93. The van der Waals surface area contributed by atoms with Gasteiger partial charge in [0.05, 0.1) is 6.04 Å². The molecule has 0 bridgehead atoms. The summed E-state index contributed by atoms with van der Waals surface area (Å²) in [5.74, 6) is 1.32. The first-order chi connectivity index (χ1) is 26.4. The molecule has 0 spiro atoms. The van der Waals surface area contributed by atoms with Crippen LogP contribution < -0.4 is 5.73 Å². The van der Waals surface area contributed by atoms with E-state index in [0.717, 1.165) is 90.4 Å². The van der Waals surface area contributed by atoms with Crippen molar-refractivity contribution in [3.63, 3.8) is 0 Å². The fraction of sp³-hybridized carbons (Fsp3) is 0.422. The first-order valence-corrected chi connectivity index (χ1v) is 21.2. The van der Waals surface area contributed by atoms with Crippen molar-refractivity contribution < 1.29 is 0 Å². The van der Waals surface area contributed by atoms with Crippen molar-refractivity contribution in [2.45, 2.75) is 110 Å². The van der Waals surface area contributed by atoms with Gasteiger partial charge >= 0.3 is 0 Å². The fourth-order valence-electron chi connectivity index (χ4n) is 7.26. The molecule has 0 saturated carbocycles. The van der Waals surface area contributed by atoms with E-state index in [1.807, 2.05) is 23.2 Å². The Kier molecular flexibility index (Phi) is 13.8. The molecule has 0 saturated heterocycles. The third-order valence-corrected chi connectivity index (χ3v) is 12.1. The summed E-state index contributed by atoms with van der Waals surface area (Å²) in [6.07, 6.45) is 5.01. The van der Waals surface area contributed by atoms with Crippen LogP contribution in [0.15, 0.2) is 71.5 Å². The number of halogens is 1. The molecule has 9 nitrogen and oxygen atoms in total. The SMILES string of the molecule is Cc1ccc(-c2c(CSc3nncn3C)c(C)nc(CC(C)(C)C)c2C(N)c2c(CC(C)(C)C)nc(C)c(CSc3nncn3C)c2-c2ccc(C)cc2)cc1.Cl. The molecule has 0 amide bonds. The average molecular weight is 825 g/mol. The lowest BCUT2D eigenvalue weighted by molar-refractivity contribution is 0.401. The van der Waals surface area contributed by atoms with Crippen LogP contribution in [0.5, 0.6) is 0 Å². The second-order valence-corrected chi connectivity index (χ2v) is 19.4. The van der Waals surface area contributed by atoms with Crippen LogP contribution in [0.3, 0.4) is 0 Å². The topological polar surface area (TPSA) is 113 Å². The average Bonchev–Trinajstić information content (AvgIpc) is 3.72. The van der Waals surface area contributed by atoms with Gasteiger partial charge in [0.1, 0.15) is 12.7 Å². The first-order valence-electron chi connectivity index (χ1n) is 19.3. The maximum Gasteiger partial charge on any atom is 0.191 e. The van der Waals surface area contributed by atoms with Gasteiger partial charge in [-0.2, -0.15) is 0 Å². The Labute approximate surface area is 353 Å². The Morgan fingerprint density at radius 2 is 0.947 bits per heavy atom. The van der Waals surface area contributed by atoms with Crippen LogP contribution in [0, 0.1) is 38.5 Å². The Balaban J connectivity index is 0.00000620. The normalized spacial score (nSPS) is 12.0. The summed E-state index contributed by atoms with van der Waals surface area (Å²) in [7, 11) is 3.96. The number of thioether (sulfide) groups is 2. The molecule has 0 unspecified atom stereocenters. The van der Waals surface area contributed by atoms with Crippen LogP contribution in [-0.4, -0.2) is 39.5 Å². The molecule has 2 N–H and O–H groups in total. The van der Waals surface area contributed by atoms with Crippen molar-refractivity contribution in [1.29, 1.82) is 0 Å². The molecule has 0 atom stereocenters. The zero-order valence-electron chi connectivity index (χ0n) is 35.6. The number of aryl methyl sites for hydroxylation is 6. The fourth-order valence-corrected chi connectivity index (χ4v) is 9.22. The largest absolute Gasteiger partial charge is 0.320 e. The van der Waals surface area contributed by atoms with Gasteiger partial charge < -0.3 is 14.9 Å². The van der Waals surface area contributed by atoms with Gasteiger partial charge in [0, 0.05) is 59.5 Å². The van der Waals surface area contributed by atoms with Gasteiger partial charge in [-0.05, 0) is 84.7 Å². The second kappa shape index (κ2) is 17.9. The molecule has 4 aromatic heterocycles. The molecule has 12 heteroatoms. The lowest BCUT2D eigenvalue weighted by Crippen LogP contribution is -2.25. The van der Waals surface area contributed by atoms with Crippen LogP contribution in [0.25, 0.3) is 22.3 Å². The summed E-state index contributed by atoms with van der Waals surface area (Å²) in [5, 5.41) is 18.8. The first kappa shape index (κ1) is 44.1. The molecule has 2 aromatic carbocycles. The summed E-state index contributed by atoms with van der Waals surface area (Å²) >= 11 is 3.34. The lowest BCUT2D eigenvalue weighted by atomic mass is 9.78. The number of nitrogens with zero attached hydrogens (tertiary/aromatic N) is 8. The van der Waals surface area contributed by atoms with Crippen molar-refractivity contribution in [3.8, 4) is 22.3 Å². The van der Waals surface area contributed by atoms with Crippen molar-refractivity contribution in [2.75, 3.05) is 0 Å². The third-order valence-electron chi connectivity index (χ3n) is 9.97. The van der Waals surface area contributed by atoms with E-state index in [1.165, 1.54) is 11.1 Å². The highest BCUT2D eigenvalue weighted by molar-refractivity contribution is 7.98. The van der Waals surface area contributed by atoms with Crippen molar-refractivity contribution >= 4 is 35.9 Å². The Morgan fingerprint density at radius 1 is 0.596 bits per heavy atom. The van der Waals surface area contributed by atoms with Crippen molar-refractivity contribution in [1.82, 2.24) is 39.5 Å². The van der Waals surface area contributed by atoms with E-state index in [1.54, 1.807) is 36.2 Å². The lowest BCUT2D eigenvalue weighted by Gasteiger charge is -2.32. The van der Waals surface area contributed by atoms with Gasteiger partial charge in [-0.15, -0.1) is 32.8 Å². The van der Waals surface area contributed by atoms with Crippen LogP contribution in [0.1, 0.15) is 104 Å². The Morgan fingerprint density at radius 3 is 1.25 bits per heavy atom. The van der Waals surface area contributed by atoms with Gasteiger partial charge in [-0.25, -0.2) is 0 Å². The van der Waals surface area contributed by atoms with E-state index in [-0.39, 0.29) is 23.2 Å². The highest BCUT2D eigenvalue weighted by Gasteiger charge is 2.33. The predicted octanol–water partition coefficient (Wildman–Crippen LogP) is 10.5. The number of benzene rings is 2. The smallest absolute Gasteiger partial charge is 0.191 e. The molecule has 0 fully saturated rings. The number of nitrogens with two attached hydrogens (primary N) is 1. The number of aromatic nitrogens is 8. The second-order valence-electron chi connectivity index (χ2n) is 17.5. The molecule has 4 heterocycles. The van der Waals surface area contributed by atoms with Crippen LogP contribution in [0.2, 0.25) is 0 Å². The highest BCUT2D eigenvalue weighted by Crippen LogP contribution is 2.46. The number of hydrogen-bond donors (Lipinski definition) is 1. The van der Waals surface area contributed by atoms with Gasteiger partial charge in [-0.3, -0.25) is 9.97 Å². The molecule has 0 aliphatic rings. The highest BCUT2D eigenvalue weighted by atomic mass is 35.5. The van der Waals surface area contributed by atoms with Crippen LogP contribution >= 0.6 is 35.9 Å². The van der Waals surface area contributed by atoms with E-state index in [9.17, 15) is 0 Å². The van der Waals surface area contributed by atoms with Crippen molar-refractivity contribution in [3.05, 3.63) is 117 Å². The van der Waals surface area contributed by atoms with E-state index >= 15 is 0 Å². The zero-order chi connectivity index (χ0) is 40.5. The molecule has 0 aliphatic heterocycles. The van der Waals surface area contributed by atoms with Gasteiger partial charge in [0.15, 0.2) is 10.3 Å². The van der Waals surface area contributed by atoms with Crippen LogP contribution in [-0.2, 0) is 38.4 Å². The van der Waals surface area contributed by atoms with E-state index in [0.29, 0.717) is 11.5 Å². The Hall–Kier alpha value is -4.03. The zero-order valence-corrected chi connectivity index (χ0v) is 38.0. The minimum absolute atomic E-state index is 0. The maximum atomic E-state index is 8.01. The maximum absolute atomic E-state index is 8.01. The van der Waals surface area contributed by atoms with Crippen molar-refractivity contribution in [2.24, 2.45) is 30.7 Å². The van der Waals surface area contributed by atoms with E-state index in [4.69, 9.17) is 15.7 Å². The molecule has 302 valence electrons. The summed E-state index contributed by atoms with van der Waals surface area (Å²) in [4.78, 5) is 11.0.